The fourth-order valence-corrected chi connectivity index (χ4v) is 5.96. The number of halogens is 1. The van der Waals surface area contributed by atoms with E-state index in [1.165, 1.54) is 17.8 Å². The highest BCUT2D eigenvalue weighted by Gasteiger charge is 2.47. The van der Waals surface area contributed by atoms with E-state index in [0.717, 1.165) is 12.8 Å². The molecule has 0 bridgehead atoms. The number of para-hydroxylation sites is 1. The third-order valence-electron chi connectivity index (χ3n) is 6.68. The lowest BCUT2D eigenvalue weighted by molar-refractivity contribution is -0.144. The van der Waals surface area contributed by atoms with Crippen LogP contribution in [-0.2, 0) is 23.4 Å². The first-order valence-corrected chi connectivity index (χ1v) is 14.8. The number of imidazole rings is 1. The summed E-state index contributed by atoms with van der Waals surface area (Å²) < 4.78 is 51.8. The van der Waals surface area contributed by atoms with Gasteiger partial charge in [-0.15, -0.1) is 0 Å². The Hall–Kier alpha value is -3.36. The first kappa shape index (κ1) is 29.1. The molecular formula is C25H33FN7O7P. The second-order valence-electron chi connectivity index (χ2n) is 9.85. The van der Waals surface area contributed by atoms with E-state index in [-0.39, 0.29) is 24.3 Å². The highest BCUT2D eigenvalue weighted by molar-refractivity contribution is 7.52. The van der Waals surface area contributed by atoms with Crippen LogP contribution in [0.5, 0.6) is 5.75 Å². The number of fused-ring (bicyclic) bond motifs is 1. The molecule has 222 valence electrons. The second kappa shape index (κ2) is 12.2. The molecule has 1 saturated heterocycles. The molecule has 41 heavy (non-hydrogen) atoms. The summed E-state index contributed by atoms with van der Waals surface area (Å²) in [4.78, 5) is 25.1. The molecule has 14 nitrogen and oxygen atoms in total. The lowest BCUT2D eigenvalue weighted by Gasteiger charge is -2.24. The summed E-state index contributed by atoms with van der Waals surface area (Å²) in [6.07, 6.45) is -0.0711. The van der Waals surface area contributed by atoms with Crippen LogP contribution in [-0.4, -0.2) is 74.8 Å². The van der Waals surface area contributed by atoms with Crippen molar-refractivity contribution >= 4 is 36.6 Å². The van der Waals surface area contributed by atoms with Gasteiger partial charge in [0.15, 0.2) is 17.0 Å². The molecule has 0 spiro atoms. The van der Waals surface area contributed by atoms with Crippen molar-refractivity contribution in [3.8, 4) is 5.75 Å². The van der Waals surface area contributed by atoms with E-state index in [1.807, 2.05) is 0 Å². The summed E-state index contributed by atoms with van der Waals surface area (Å²) in [6.45, 7) is 1.82. The number of carbonyl (C=O) groups is 1. The third kappa shape index (κ3) is 6.60. The van der Waals surface area contributed by atoms with E-state index < -0.39 is 57.4 Å². The van der Waals surface area contributed by atoms with Crippen molar-refractivity contribution in [2.45, 2.75) is 57.2 Å². The second-order valence-corrected chi connectivity index (χ2v) is 11.5. The lowest BCUT2D eigenvalue weighted by atomic mass is 10.0. The quantitative estimate of drug-likeness (QED) is 0.168. The summed E-state index contributed by atoms with van der Waals surface area (Å²) in [5.74, 6) is -1.02. The molecule has 1 unspecified atom stereocenters. The van der Waals surface area contributed by atoms with Crippen LogP contribution in [0.4, 0.5) is 16.2 Å². The summed E-state index contributed by atoms with van der Waals surface area (Å²) in [7, 11) is -4.22. The number of aromatic nitrogens is 4. The largest absolute Gasteiger partial charge is 0.465 e. The number of nitrogens with zero attached hydrogens (tertiary/aromatic N) is 4. The highest BCUT2D eigenvalue weighted by Crippen LogP contribution is 2.46. The highest BCUT2D eigenvalue weighted by atomic mass is 31.2. The van der Waals surface area contributed by atoms with Crippen LogP contribution in [0.1, 0.15) is 32.9 Å². The van der Waals surface area contributed by atoms with Crippen LogP contribution >= 0.6 is 7.75 Å². The fraction of sp³-hybridized carbons (Fsp3) is 0.520. The molecule has 1 saturated carbocycles. The maximum absolute atomic E-state index is 14.3. The average Bonchev–Trinajstić information content (AvgIpc) is 3.57. The number of anilines is 2. The predicted molar refractivity (Wildman–Crippen MR) is 146 cm³/mol. The van der Waals surface area contributed by atoms with Gasteiger partial charge in [-0.2, -0.15) is 15.1 Å². The van der Waals surface area contributed by atoms with E-state index in [2.05, 4.69) is 25.4 Å². The standard InChI is InChI=1S/C25H33FN7O7P/c1-3-37-24(35)14(2)32-41(36,40-16-7-5-4-6-8-16)38-12-18-20(34)17(11-26)23(39-18)33-13-28-19-21(29-15-9-10-15)30-25(27)31-22(19)33/h4-8,13-15,17-18,20,23,34H,3,9-12H2,1-2H3,(H,32,36)(H3,27,29,30,31)/t14-,17+,18-,20+,23-,41?/m1/s1. The number of alkyl halides is 1. The minimum absolute atomic E-state index is 0.00146. The average molecular weight is 594 g/mol. The number of hydrogen-bond acceptors (Lipinski definition) is 12. The number of benzene rings is 1. The van der Waals surface area contributed by atoms with E-state index in [0.29, 0.717) is 17.0 Å². The van der Waals surface area contributed by atoms with Gasteiger partial charge < -0.3 is 30.2 Å². The summed E-state index contributed by atoms with van der Waals surface area (Å²) in [6, 6.07) is 7.44. The summed E-state index contributed by atoms with van der Waals surface area (Å²) in [5.41, 5.74) is 6.67. The minimum atomic E-state index is -4.22. The molecule has 2 fully saturated rings. The number of ether oxygens (including phenoxy) is 2. The number of rotatable bonds is 13. The number of hydrogen-bond donors (Lipinski definition) is 4. The van der Waals surface area contributed by atoms with Crippen molar-refractivity contribution in [3.05, 3.63) is 36.7 Å². The SMILES string of the molecule is CCOC(=O)[C@@H](C)NP(=O)(OC[C@H]1O[C@@H](n2cnc3c(NC4CC4)nc(N)nc32)[C@@H](CF)[C@@H]1O)Oc1ccccc1. The van der Waals surface area contributed by atoms with E-state index >= 15 is 0 Å². The maximum atomic E-state index is 14.3. The van der Waals surface area contributed by atoms with Gasteiger partial charge in [0.05, 0.1) is 38.2 Å². The number of aliphatic hydroxyl groups is 1. The van der Waals surface area contributed by atoms with Gasteiger partial charge in [-0.05, 0) is 38.8 Å². The summed E-state index contributed by atoms with van der Waals surface area (Å²) >= 11 is 0. The van der Waals surface area contributed by atoms with Crippen molar-refractivity contribution < 1.29 is 37.4 Å². The minimum Gasteiger partial charge on any atom is -0.465 e. The molecule has 5 N–H and O–H groups in total. The van der Waals surface area contributed by atoms with Gasteiger partial charge in [0.1, 0.15) is 24.1 Å². The Morgan fingerprint density at radius 3 is 2.76 bits per heavy atom. The van der Waals surface area contributed by atoms with Gasteiger partial charge in [-0.25, -0.2) is 9.55 Å². The first-order chi connectivity index (χ1) is 19.7. The number of nitrogens with two attached hydrogens (primary N) is 1. The first-order valence-electron chi connectivity index (χ1n) is 13.3. The molecular weight excluding hydrogens is 560 g/mol. The Balaban J connectivity index is 1.35. The molecule has 0 radical (unpaired) electrons. The van der Waals surface area contributed by atoms with Crippen LogP contribution in [0.15, 0.2) is 36.7 Å². The number of carbonyl (C=O) groups excluding carboxylic acids is 1. The Kier molecular flexibility index (Phi) is 8.71. The Bertz CT molecular complexity index is 1410. The van der Waals surface area contributed by atoms with Crippen molar-refractivity contribution in [2.75, 3.05) is 30.9 Å². The van der Waals surface area contributed by atoms with E-state index in [1.54, 1.807) is 37.3 Å². The zero-order valence-corrected chi connectivity index (χ0v) is 23.4. The van der Waals surface area contributed by atoms with Crippen LogP contribution in [0.3, 0.4) is 0 Å². The molecule has 6 atom stereocenters. The number of nitrogens with one attached hydrogen (secondary N) is 2. The molecule has 3 heterocycles. The molecule has 1 aliphatic heterocycles. The van der Waals surface area contributed by atoms with E-state index in [9.17, 15) is 18.9 Å². The zero-order chi connectivity index (χ0) is 29.1. The zero-order valence-electron chi connectivity index (χ0n) is 22.6. The normalized spacial score (nSPS) is 24.6. The van der Waals surface area contributed by atoms with Crippen LogP contribution in [0.25, 0.3) is 11.2 Å². The van der Waals surface area contributed by atoms with Crippen molar-refractivity contribution in [1.29, 1.82) is 0 Å². The Morgan fingerprint density at radius 2 is 2.07 bits per heavy atom. The molecule has 3 aromatic rings. The Labute approximate surface area is 235 Å². The third-order valence-corrected chi connectivity index (χ3v) is 8.32. The molecule has 5 rings (SSSR count). The molecule has 0 amide bonds. The number of aliphatic hydroxyl groups excluding tert-OH is 1. The maximum Gasteiger partial charge on any atom is 0.459 e. The van der Waals surface area contributed by atoms with Crippen LogP contribution < -0.4 is 20.7 Å². The van der Waals surface area contributed by atoms with E-state index in [4.69, 9.17) is 24.3 Å². The molecule has 16 heteroatoms. The molecule has 2 aliphatic rings. The van der Waals surface area contributed by atoms with Crippen molar-refractivity contribution in [1.82, 2.24) is 24.6 Å². The van der Waals surface area contributed by atoms with Gasteiger partial charge in [-0.1, -0.05) is 18.2 Å². The fourth-order valence-electron chi connectivity index (χ4n) is 4.46. The van der Waals surface area contributed by atoms with Gasteiger partial charge in [0, 0.05) is 6.04 Å². The lowest BCUT2D eigenvalue weighted by Crippen LogP contribution is -2.37. The van der Waals surface area contributed by atoms with Gasteiger partial charge in [0.2, 0.25) is 5.95 Å². The number of esters is 1. The van der Waals surface area contributed by atoms with Gasteiger partial charge in [0.25, 0.3) is 0 Å². The van der Waals surface area contributed by atoms with Crippen LogP contribution in [0.2, 0.25) is 0 Å². The predicted octanol–water partition coefficient (Wildman–Crippen LogP) is 2.57. The molecule has 2 aromatic heterocycles. The monoisotopic (exact) mass is 593 g/mol. The molecule has 1 aliphatic carbocycles. The molecule has 1 aromatic carbocycles. The Morgan fingerprint density at radius 1 is 1.32 bits per heavy atom. The smallest absolute Gasteiger partial charge is 0.459 e. The van der Waals surface area contributed by atoms with Crippen LogP contribution in [0, 0.1) is 5.92 Å². The van der Waals surface area contributed by atoms with Gasteiger partial charge >= 0.3 is 13.7 Å². The number of nitrogen functional groups attached to an aromatic ring is 1. The topological polar surface area (TPSA) is 185 Å². The van der Waals surface area contributed by atoms with Gasteiger partial charge in [-0.3, -0.25) is 18.3 Å². The summed E-state index contributed by atoms with van der Waals surface area (Å²) in [5, 5.41) is 16.8. The van der Waals surface area contributed by atoms with Crippen molar-refractivity contribution in [2.24, 2.45) is 5.92 Å². The van der Waals surface area contributed by atoms with Crippen molar-refractivity contribution in [3.63, 3.8) is 0 Å².